The molecular weight excluding hydrogens is 118 g/mol. The minimum absolute atomic E-state index is 0.645. The van der Waals surface area contributed by atoms with Crippen molar-refractivity contribution in [1.82, 2.24) is 4.90 Å². The normalized spacial score (nSPS) is 9.11. The van der Waals surface area contributed by atoms with Gasteiger partial charge in [0.2, 0.25) is 0 Å². The fraction of sp³-hybridized carbons (Fsp3) is 0.833. The molecule has 9 heavy (non-hydrogen) atoms. The molecule has 0 aromatic carbocycles. The van der Waals surface area contributed by atoms with Gasteiger partial charge in [0.15, 0.2) is 0 Å². The van der Waals surface area contributed by atoms with E-state index in [2.05, 4.69) is 0 Å². The molecule has 1 amide bonds. The molecule has 3 nitrogen and oxygen atoms in total. The van der Waals surface area contributed by atoms with Gasteiger partial charge >= 0.3 is 6.09 Å². The van der Waals surface area contributed by atoms with E-state index in [0.29, 0.717) is 6.54 Å². The number of nitrogens with zero attached hydrogens (tertiary/aromatic N) is 1. The average molecular weight is 131 g/mol. The maximum Gasteiger partial charge on any atom is 0.407 e. The summed E-state index contributed by atoms with van der Waals surface area (Å²) in [7, 11) is 1.58. The number of hydrogen-bond acceptors (Lipinski definition) is 1. The Balaban J connectivity index is 3.27. The van der Waals surface area contributed by atoms with E-state index in [4.69, 9.17) is 5.11 Å². The molecule has 0 aromatic rings. The van der Waals surface area contributed by atoms with Crippen molar-refractivity contribution in [2.24, 2.45) is 0 Å². The van der Waals surface area contributed by atoms with Crippen LogP contribution in [-0.2, 0) is 0 Å². The first-order valence-electron chi connectivity index (χ1n) is 3.12. The van der Waals surface area contributed by atoms with Crippen LogP contribution in [-0.4, -0.2) is 29.7 Å². The molecule has 54 valence electrons. The minimum atomic E-state index is -0.844. The van der Waals surface area contributed by atoms with Crippen molar-refractivity contribution in [2.45, 2.75) is 19.8 Å². The van der Waals surface area contributed by atoms with Gasteiger partial charge in [-0.25, -0.2) is 4.79 Å². The highest BCUT2D eigenvalue weighted by atomic mass is 16.4. The van der Waals surface area contributed by atoms with Crippen LogP contribution in [0.25, 0.3) is 0 Å². The lowest BCUT2D eigenvalue weighted by Crippen LogP contribution is -2.25. The third-order valence-electron chi connectivity index (χ3n) is 1.17. The molecule has 0 aliphatic heterocycles. The van der Waals surface area contributed by atoms with Crippen molar-refractivity contribution in [3.05, 3.63) is 0 Å². The molecule has 0 aliphatic carbocycles. The van der Waals surface area contributed by atoms with Crippen LogP contribution in [0.4, 0.5) is 4.79 Å². The first-order valence-corrected chi connectivity index (χ1v) is 3.12. The van der Waals surface area contributed by atoms with Crippen LogP contribution in [0, 0.1) is 0 Å². The molecule has 0 saturated carbocycles. The lowest BCUT2D eigenvalue weighted by atomic mass is 10.3. The van der Waals surface area contributed by atoms with Crippen molar-refractivity contribution >= 4 is 6.09 Å². The number of carboxylic acid groups (broad SMARTS) is 1. The quantitative estimate of drug-likeness (QED) is 0.628. The average Bonchev–Trinajstić information content (AvgIpc) is 1.82. The van der Waals surface area contributed by atoms with Gasteiger partial charge in [-0.15, -0.1) is 0 Å². The topological polar surface area (TPSA) is 40.5 Å². The fourth-order valence-electron chi connectivity index (χ4n) is 0.491. The van der Waals surface area contributed by atoms with E-state index < -0.39 is 6.09 Å². The van der Waals surface area contributed by atoms with Crippen molar-refractivity contribution < 1.29 is 9.90 Å². The van der Waals surface area contributed by atoms with Gasteiger partial charge in [0.25, 0.3) is 0 Å². The monoisotopic (exact) mass is 131 g/mol. The summed E-state index contributed by atoms with van der Waals surface area (Å²) in [6.07, 6.45) is 1.14. The zero-order chi connectivity index (χ0) is 7.28. The van der Waals surface area contributed by atoms with Crippen molar-refractivity contribution in [3.63, 3.8) is 0 Å². The van der Waals surface area contributed by atoms with Crippen LogP contribution in [0.3, 0.4) is 0 Å². The highest BCUT2D eigenvalue weighted by molar-refractivity contribution is 5.64. The molecule has 0 heterocycles. The zero-order valence-electron chi connectivity index (χ0n) is 5.92. The molecule has 3 heteroatoms. The molecule has 0 unspecified atom stereocenters. The summed E-state index contributed by atoms with van der Waals surface area (Å²) < 4.78 is 0. The van der Waals surface area contributed by atoms with Crippen LogP contribution >= 0.6 is 0 Å². The predicted octanol–water partition coefficient (Wildman–Crippen LogP) is 1.40. The summed E-state index contributed by atoms with van der Waals surface area (Å²) in [5, 5.41) is 8.33. The maximum atomic E-state index is 10.1. The summed E-state index contributed by atoms with van der Waals surface area (Å²) in [5.74, 6) is 0. The van der Waals surface area contributed by atoms with E-state index in [1.54, 1.807) is 7.05 Å². The highest BCUT2D eigenvalue weighted by Crippen LogP contribution is 1.90. The Morgan fingerprint density at radius 1 is 1.67 bits per heavy atom. The Bertz CT molecular complexity index is 93.1. The second-order valence-corrected chi connectivity index (χ2v) is 2.06. The van der Waals surface area contributed by atoms with E-state index in [-0.39, 0.29) is 0 Å². The lowest BCUT2D eigenvalue weighted by molar-refractivity contribution is 0.155. The lowest BCUT2D eigenvalue weighted by Gasteiger charge is -2.10. The van der Waals surface area contributed by atoms with E-state index in [0.717, 1.165) is 12.8 Å². The van der Waals surface area contributed by atoms with E-state index in [1.165, 1.54) is 4.90 Å². The van der Waals surface area contributed by atoms with Crippen LogP contribution < -0.4 is 0 Å². The Morgan fingerprint density at radius 2 is 2.22 bits per heavy atom. The first-order chi connectivity index (χ1) is 4.18. The number of unbranched alkanes of at least 4 members (excludes halogenated alkanes) is 1. The van der Waals surface area contributed by atoms with Crippen LogP contribution in [0.5, 0.6) is 0 Å². The molecule has 0 fully saturated rings. The predicted molar refractivity (Wildman–Crippen MR) is 35.6 cm³/mol. The van der Waals surface area contributed by atoms with Gasteiger partial charge in [-0.05, 0) is 6.42 Å². The summed E-state index contributed by atoms with van der Waals surface area (Å²) in [5.41, 5.74) is 0. The molecule has 0 radical (unpaired) electrons. The molecular formula is C6H13NO2. The van der Waals surface area contributed by atoms with Crippen LogP contribution in [0.15, 0.2) is 0 Å². The third-order valence-corrected chi connectivity index (χ3v) is 1.17. The summed E-state index contributed by atoms with van der Waals surface area (Å²) in [6, 6.07) is 0. The van der Waals surface area contributed by atoms with E-state index >= 15 is 0 Å². The molecule has 0 rings (SSSR count). The van der Waals surface area contributed by atoms with Gasteiger partial charge in [0.05, 0.1) is 0 Å². The van der Waals surface area contributed by atoms with E-state index in [1.807, 2.05) is 6.92 Å². The van der Waals surface area contributed by atoms with Gasteiger partial charge in [-0.3, -0.25) is 0 Å². The van der Waals surface area contributed by atoms with Gasteiger partial charge < -0.3 is 10.0 Å². The second kappa shape index (κ2) is 4.18. The number of carbonyl (C=O) groups is 1. The third kappa shape index (κ3) is 3.82. The number of hydrogen-bond donors (Lipinski definition) is 1. The maximum absolute atomic E-state index is 10.1. The highest BCUT2D eigenvalue weighted by Gasteiger charge is 2.01. The summed E-state index contributed by atoms with van der Waals surface area (Å²) >= 11 is 0. The molecule has 0 bridgehead atoms. The first kappa shape index (κ1) is 8.27. The van der Waals surface area contributed by atoms with Crippen LogP contribution in [0.2, 0.25) is 0 Å². The number of rotatable bonds is 3. The molecule has 0 aromatic heterocycles. The van der Waals surface area contributed by atoms with Crippen molar-refractivity contribution in [3.8, 4) is 0 Å². The Labute approximate surface area is 55.3 Å². The Hall–Kier alpha value is -0.730. The van der Waals surface area contributed by atoms with Crippen molar-refractivity contribution in [2.75, 3.05) is 13.6 Å². The van der Waals surface area contributed by atoms with Gasteiger partial charge in [0, 0.05) is 13.6 Å². The SMILES string of the molecule is CCCCN(C)C(=O)O. The molecule has 0 saturated heterocycles. The fourth-order valence-corrected chi connectivity index (χ4v) is 0.491. The molecule has 0 spiro atoms. The van der Waals surface area contributed by atoms with Gasteiger partial charge in [-0.1, -0.05) is 13.3 Å². The van der Waals surface area contributed by atoms with E-state index in [9.17, 15) is 4.79 Å². The Morgan fingerprint density at radius 3 is 2.56 bits per heavy atom. The van der Waals surface area contributed by atoms with Crippen molar-refractivity contribution in [1.29, 1.82) is 0 Å². The largest absolute Gasteiger partial charge is 0.465 e. The Kier molecular flexibility index (Phi) is 3.84. The second-order valence-electron chi connectivity index (χ2n) is 2.06. The van der Waals surface area contributed by atoms with Gasteiger partial charge in [-0.2, -0.15) is 0 Å². The molecule has 0 aliphatic rings. The summed E-state index contributed by atoms with van der Waals surface area (Å²) in [6.45, 7) is 2.68. The molecule has 0 atom stereocenters. The molecule has 1 N–H and O–H groups in total. The standard InChI is InChI=1S/C6H13NO2/c1-3-4-5-7(2)6(8)9/h3-5H2,1-2H3,(H,8,9). The van der Waals surface area contributed by atoms with Gasteiger partial charge in [0.1, 0.15) is 0 Å². The summed E-state index contributed by atoms with van der Waals surface area (Å²) in [4.78, 5) is 11.4. The number of amides is 1. The van der Waals surface area contributed by atoms with Crippen LogP contribution in [0.1, 0.15) is 19.8 Å². The smallest absolute Gasteiger partial charge is 0.407 e. The minimum Gasteiger partial charge on any atom is -0.465 e. The zero-order valence-corrected chi connectivity index (χ0v) is 5.92.